The molecule has 1 aromatic heterocycles. The number of hydrogen-bond donors (Lipinski definition) is 0. The van der Waals surface area contributed by atoms with E-state index >= 15 is 0 Å². The predicted molar refractivity (Wildman–Crippen MR) is 95.9 cm³/mol. The summed E-state index contributed by atoms with van der Waals surface area (Å²) in [6, 6.07) is 4.81. The molecular weight excluding hydrogens is 270 g/mol. The van der Waals surface area contributed by atoms with Gasteiger partial charge < -0.3 is 0 Å². The lowest BCUT2D eigenvalue weighted by molar-refractivity contribution is 0.649. The number of aromatic nitrogens is 1. The van der Waals surface area contributed by atoms with Gasteiger partial charge in [-0.2, -0.15) is 0 Å². The lowest BCUT2D eigenvalue weighted by Gasteiger charge is -2.22. The standard InChI is InChI=1S/C19H27NSi/c1-14(2)11-17-12-18(16-9-7-15(3)8-10-16)20-13-19(17)21(4,5)6/h7-10,12-14H,11H2,1-6H3/i3D3,7D,8D. The van der Waals surface area contributed by atoms with Gasteiger partial charge in [0.2, 0.25) is 0 Å². The molecule has 0 aliphatic rings. The van der Waals surface area contributed by atoms with Crippen molar-refractivity contribution in [2.75, 3.05) is 0 Å². The van der Waals surface area contributed by atoms with E-state index in [9.17, 15) is 0 Å². The maximum absolute atomic E-state index is 8.06. The van der Waals surface area contributed by atoms with Gasteiger partial charge in [0.15, 0.2) is 0 Å². The zero-order valence-corrected chi connectivity index (χ0v) is 14.5. The van der Waals surface area contributed by atoms with Crippen LogP contribution in [0, 0.1) is 12.8 Å². The first kappa shape index (κ1) is 10.3. The second kappa shape index (κ2) is 6.14. The Kier molecular flexibility index (Phi) is 3.02. The summed E-state index contributed by atoms with van der Waals surface area (Å²) < 4.78 is 38.7. The Morgan fingerprint density at radius 1 is 1.24 bits per heavy atom. The van der Waals surface area contributed by atoms with E-state index in [2.05, 4.69) is 44.5 Å². The summed E-state index contributed by atoms with van der Waals surface area (Å²) in [4.78, 5) is 4.58. The van der Waals surface area contributed by atoms with Crippen molar-refractivity contribution in [1.82, 2.24) is 4.98 Å². The molecule has 1 aromatic carbocycles. The van der Waals surface area contributed by atoms with E-state index in [1.54, 1.807) is 0 Å². The zero-order valence-electron chi connectivity index (χ0n) is 18.5. The average Bonchev–Trinajstić information content (AvgIpc) is 2.42. The summed E-state index contributed by atoms with van der Waals surface area (Å²) in [6.07, 6.45) is 2.88. The van der Waals surface area contributed by atoms with Crippen molar-refractivity contribution in [1.29, 1.82) is 0 Å². The minimum absolute atomic E-state index is 0.131. The molecule has 0 saturated carbocycles. The Morgan fingerprint density at radius 3 is 2.43 bits per heavy atom. The molecule has 0 unspecified atom stereocenters. The normalized spacial score (nSPS) is 16.0. The highest BCUT2D eigenvalue weighted by Crippen LogP contribution is 2.20. The molecule has 0 aliphatic carbocycles. The minimum atomic E-state index is -2.45. The van der Waals surface area contributed by atoms with E-state index < -0.39 is 14.9 Å². The predicted octanol–water partition coefficient (Wildman–Crippen LogP) is 4.80. The van der Waals surface area contributed by atoms with Crippen molar-refractivity contribution >= 4 is 13.3 Å². The Labute approximate surface area is 137 Å². The highest BCUT2D eigenvalue weighted by Gasteiger charge is 2.21. The Bertz CT molecular complexity index is 784. The molecule has 0 radical (unpaired) electrons. The van der Waals surface area contributed by atoms with Crippen molar-refractivity contribution in [3.05, 3.63) is 47.6 Å². The molecular formula is C19H27NSi. The first-order valence-corrected chi connectivity index (χ1v) is 10.9. The maximum Gasteiger partial charge on any atom is 0.0799 e. The highest BCUT2D eigenvalue weighted by molar-refractivity contribution is 6.89. The molecule has 0 bridgehead atoms. The summed E-state index contributed by atoms with van der Waals surface area (Å²) in [6.45, 7) is 8.80. The van der Waals surface area contributed by atoms with Crippen LogP contribution in [0.15, 0.2) is 36.5 Å². The van der Waals surface area contributed by atoms with Gasteiger partial charge >= 0.3 is 0 Å². The molecule has 2 rings (SSSR count). The maximum atomic E-state index is 8.06. The van der Waals surface area contributed by atoms with Crippen LogP contribution >= 0.6 is 0 Å². The Hall–Kier alpha value is -1.41. The van der Waals surface area contributed by atoms with E-state index in [1.165, 1.54) is 22.9 Å². The van der Waals surface area contributed by atoms with Gasteiger partial charge in [-0.3, -0.25) is 4.98 Å². The van der Waals surface area contributed by atoms with E-state index in [1.807, 2.05) is 6.20 Å². The largest absolute Gasteiger partial charge is 0.256 e. The van der Waals surface area contributed by atoms with Crippen molar-refractivity contribution in [3.8, 4) is 11.3 Å². The topological polar surface area (TPSA) is 12.9 Å². The molecule has 0 saturated heterocycles. The van der Waals surface area contributed by atoms with Crippen LogP contribution in [0.5, 0.6) is 0 Å². The SMILES string of the molecule is [2H]c1cc(-c2cc(CC(C)C)c([Si](C)(C)C)cn2)cc([2H])c1C([2H])([2H])[2H]. The van der Waals surface area contributed by atoms with Gasteiger partial charge in [0.25, 0.3) is 0 Å². The first-order chi connectivity index (χ1) is 11.8. The second-order valence-corrected chi connectivity index (χ2v) is 12.0. The van der Waals surface area contributed by atoms with Crippen molar-refractivity contribution in [2.45, 2.75) is 46.8 Å². The Balaban J connectivity index is 2.59. The molecule has 2 aromatic rings. The second-order valence-electron chi connectivity index (χ2n) is 6.98. The van der Waals surface area contributed by atoms with E-state index in [-0.39, 0.29) is 17.6 Å². The Morgan fingerprint density at radius 2 is 1.90 bits per heavy atom. The molecule has 2 heteroatoms. The van der Waals surface area contributed by atoms with Crippen molar-refractivity contribution in [3.63, 3.8) is 0 Å². The summed E-state index contributed by atoms with van der Waals surface area (Å²) in [5, 5.41) is 1.33. The van der Waals surface area contributed by atoms with Crippen molar-refractivity contribution < 1.29 is 6.85 Å². The molecule has 0 amide bonds. The lowest BCUT2D eigenvalue weighted by Crippen LogP contribution is -2.40. The number of rotatable bonds is 4. The lowest BCUT2D eigenvalue weighted by atomic mass is 10.0. The third-order valence-corrected chi connectivity index (χ3v) is 5.53. The van der Waals surface area contributed by atoms with Crippen LogP contribution in [0.2, 0.25) is 19.6 Å². The molecule has 112 valence electrons. The molecule has 0 spiro atoms. The van der Waals surface area contributed by atoms with E-state index in [4.69, 9.17) is 6.85 Å². The van der Waals surface area contributed by atoms with Gasteiger partial charge in [0, 0.05) is 15.9 Å². The van der Waals surface area contributed by atoms with Gasteiger partial charge in [0.05, 0.1) is 16.5 Å². The quantitative estimate of drug-likeness (QED) is 0.739. The fourth-order valence-electron chi connectivity index (χ4n) is 2.47. The van der Waals surface area contributed by atoms with Gasteiger partial charge in [-0.05, 0) is 36.0 Å². The number of hydrogen-bond acceptors (Lipinski definition) is 1. The first-order valence-electron chi connectivity index (χ1n) is 9.92. The highest BCUT2D eigenvalue weighted by atomic mass is 28.3. The van der Waals surface area contributed by atoms with Crippen LogP contribution in [0.3, 0.4) is 0 Å². The number of nitrogens with zero attached hydrogens (tertiary/aromatic N) is 1. The molecule has 0 aliphatic heterocycles. The smallest absolute Gasteiger partial charge is 0.0799 e. The van der Waals surface area contributed by atoms with Crippen LogP contribution in [0.1, 0.15) is 31.8 Å². The van der Waals surface area contributed by atoms with Gasteiger partial charge in [-0.15, -0.1) is 0 Å². The molecule has 0 N–H and O–H groups in total. The van der Waals surface area contributed by atoms with Gasteiger partial charge in [-0.25, -0.2) is 0 Å². The number of benzene rings is 1. The zero-order chi connectivity index (χ0) is 19.9. The van der Waals surface area contributed by atoms with Crippen molar-refractivity contribution in [2.24, 2.45) is 5.92 Å². The van der Waals surface area contributed by atoms with Crippen LogP contribution < -0.4 is 5.19 Å². The van der Waals surface area contributed by atoms with Crippen LogP contribution in [0.25, 0.3) is 11.3 Å². The van der Waals surface area contributed by atoms with Gasteiger partial charge in [0.1, 0.15) is 0 Å². The molecule has 0 atom stereocenters. The van der Waals surface area contributed by atoms with E-state index in [0.717, 1.165) is 6.42 Å². The summed E-state index contributed by atoms with van der Waals surface area (Å²) in [7, 11) is -1.54. The molecule has 1 nitrogen and oxygen atoms in total. The molecule has 0 fully saturated rings. The third kappa shape index (κ3) is 4.04. The summed E-state index contributed by atoms with van der Waals surface area (Å²) in [5.74, 6) is 0.511. The number of pyridine rings is 1. The fraction of sp³-hybridized carbons (Fsp3) is 0.421. The average molecular weight is 303 g/mol. The molecule has 1 heterocycles. The minimum Gasteiger partial charge on any atom is -0.256 e. The molecule has 21 heavy (non-hydrogen) atoms. The van der Waals surface area contributed by atoms with E-state index in [0.29, 0.717) is 17.2 Å². The summed E-state index contributed by atoms with van der Waals surface area (Å²) in [5.41, 5.74) is 2.38. The van der Waals surface area contributed by atoms with Crippen LogP contribution in [-0.4, -0.2) is 13.1 Å². The fourth-order valence-corrected chi connectivity index (χ4v) is 4.06. The monoisotopic (exact) mass is 302 g/mol. The summed E-state index contributed by atoms with van der Waals surface area (Å²) >= 11 is 0. The van der Waals surface area contributed by atoms with Crippen LogP contribution in [-0.2, 0) is 6.42 Å². The van der Waals surface area contributed by atoms with Crippen LogP contribution in [0.4, 0.5) is 0 Å². The third-order valence-electron chi connectivity index (χ3n) is 3.47. The van der Waals surface area contributed by atoms with Gasteiger partial charge in [-0.1, -0.05) is 63.3 Å².